The lowest BCUT2D eigenvalue weighted by Gasteiger charge is -2.59. The minimum Gasteiger partial charge on any atom is -0.302 e. The van der Waals surface area contributed by atoms with Gasteiger partial charge in [-0.2, -0.15) is 5.10 Å². The van der Waals surface area contributed by atoms with Gasteiger partial charge < -0.3 is 5.43 Å². The third-order valence-electron chi connectivity index (χ3n) is 6.41. The van der Waals surface area contributed by atoms with Crippen LogP contribution in [-0.2, 0) is 0 Å². The fraction of sp³-hybridized carbons (Fsp3) is 0.611. The van der Waals surface area contributed by atoms with E-state index in [1.807, 2.05) is 6.21 Å². The second-order valence-electron chi connectivity index (χ2n) is 7.73. The third-order valence-corrected chi connectivity index (χ3v) is 6.41. The monoisotopic (exact) mass is 266 g/mol. The number of hydrogen-bond acceptors (Lipinski definition) is 2. The van der Waals surface area contributed by atoms with E-state index in [0.717, 1.165) is 17.8 Å². The standard InChI is InChI=1S/C18H22N2/c1-2-4-16-15(3-1)11-19-20-17(16)18-8-12-5-13(9-18)7-14(6-12)10-18/h1-4,11-14,17,20H,5-10H2/t12?,13?,14?,17-,18?/m1/s1. The van der Waals surface area contributed by atoms with E-state index < -0.39 is 0 Å². The topological polar surface area (TPSA) is 24.4 Å². The van der Waals surface area contributed by atoms with Gasteiger partial charge in [0.15, 0.2) is 0 Å². The number of hydrogen-bond donors (Lipinski definition) is 1. The molecule has 104 valence electrons. The maximum Gasteiger partial charge on any atom is 0.0752 e. The van der Waals surface area contributed by atoms with E-state index in [1.165, 1.54) is 49.7 Å². The van der Waals surface area contributed by atoms with E-state index in [0.29, 0.717) is 11.5 Å². The first-order valence-corrected chi connectivity index (χ1v) is 8.20. The van der Waals surface area contributed by atoms with Crippen LogP contribution in [0.1, 0.15) is 55.7 Å². The molecule has 0 radical (unpaired) electrons. The zero-order valence-corrected chi connectivity index (χ0v) is 11.9. The SMILES string of the molecule is C1=NN[C@@H](C23CC4CC(CC(C4)C2)C3)c2ccccc21. The molecular formula is C18H22N2. The second-order valence-corrected chi connectivity index (χ2v) is 7.73. The van der Waals surface area contributed by atoms with Crippen molar-refractivity contribution in [3.05, 3.63) is 35.4 Å². The Morgan fingerprint density at radius 2 is 1.60 bits per heavy atom. The van der Waals surface area contributed by atoms with Crippen LogP contribution in [0.15, 0.2) is 29.4 Å². The van der Waals surface area contributed by atoms with Crippen molar-refractivity contribution in [1.29, 1.82) is 0 Å². The highest BCUT2D eigenvalue weighted by Gasteiger charge is 2.55. The molecule has 1 aromatic carbocycles. The first-order chi connectivity index (χ1) is 9.82. The van der Waals surface area contributed by atoms with Gasteiger partial charge in [0.25, 0.3) is 0 Å². The maximum absolute atomic E-state index is 4.48. The molecule has 4 bridgehead atoms. The molecule has 1 N–H and O–H groups in total. The molecule has 5 aliphatic rings. The number of nitrogens with one attached hydrogen (secondary N) is 1. The Morgan fingerprint density at radius 3 is 2.30 bits per heavy atom. The number of nitrogens with zero attached hydrogens (tertiary/aromatic N) is 1. The Balaban J connectivity index is 1.59. The van der Waals surface area contributed by atoms with Crippen LogP contribution in [0, 0.1) is 23.2 Å². The Kier molecular flexibility index (Phi) is 2.20. The van der Waals surface area contributed by atoms with Gasteiger partial charge in [0, 0.05) is 0 Å². The van der Waals surface area contributed by atoms with Crippen molar-refractivity contribution in [1.82, 2.24) is 5.43 Å². The summed E-state index contributed by atoms with van der Waals surface area (Å²) < 4.78 is 0. The van der Waals surface area contributed by atoms with Gasteiger partial charge >= 0.3 is 0 Å². The Labute approximate surface area is 120 Å². The van der Waals surface area contributed by atoms with Gasteiger partial charge in [-0.15, -0.1) is 0 Å². The number of hydrazone groups is 1. The van der Waals surface area contributed by atoms with Crippen molar-refractivity contribution in [3.63, 3.8) is 0 Å². The van der Waals surface area contributed by atoms with Crippen LogP contribution in [0.25, 0.3) is 0 Å². The maximum atomic E-state index is 4.48. The average Bonchev–Trinajstić information content (AvgIpc) is 2.45. The van der Waals surface area contributed by atoms with Gasteiger partial charge in [-0.1, -0.05) is 24.3 Å². The van der Waals surface area contributed by atoms with E-state index in [9.17, 15) is 0 Å². The lowest BCUT2D eigenvalue weighted by molar-refractivity contribution is -0.0750. The molecule has 0 unspecified atom stereocenters. The van der Waals surface area contributed by atoms with Gasteiger partial charge in [0.05, 0.1) is 12.3 Å². The van der Waals surface area contributed by atoms with Gasteiger partial charge in [-0.05, 0) is 72.8 Å². The summed E-state index contributed by atoms with van der Waals surface area (Å²) in [5.74, 6) is 3.00. The summed E-state index contributed by atoms with van der Waals surface area (Å²) in [7, 11) is 0. The molecule has 1 aliphatic heterocycles. The lowest BCUT2D eigenvalue weighted by Crippen LogP contribution is -2.51. The van der Waals surface area contributed by atoms with E-state index in [4.69, 9.17) is 0 Å². The number of rotatable bonds is 1. The molecule has 0 amide bonds. The van der Waals surface area contributed by atoms with Crippen molar-refractivity contribution < 1.29 is 0 Å². The van der Waals surface area contributed by atoms with Gasteiger partial charge in [-0.25, -0.2) is 0 Å². The molecule has 1 atom stereocenters. The molecule has 0 aromatic heterocycles. The third kappa shape index (κ3) is 1.48. The first kappa shape index (κ1) is 11.4. The van der Waals surface area contributed by atoms with Crippen LogP contribution < -0.4 is 5.43 Å². The highest BCUT2D eigenvalue weighted by atomic mass is 15.3. The molecule has 1 heterocycles. The molecule has 2 heteroatoms. The summed E-state index contributed by atoms with van der Waals surface area (Å²) in [5.41, 5.74) is 6.81. The van der Waals surface area contributed by atoms with E-state index in [1.54, 1.807) is 0 Å². The Morgan fingerprint density at radius 1 is 0.950 bits per heavy atom. The van der Waals surface area contributed by atoms with Crippen LogP contribution in [-0.4, -0.2) is 6.21 Å². The molecule has 4 aliphatic carbocycles. The lowest BCUT2D eigenvalue weighted by atomic mass is 9.47. The zero-order valence-electron chi connectivity index (χ0n) is 11.9. The Hall–Kier alpha value is -1.31. The highest BCUT2D eigenvalue weighted by Crippen LogP contribution is 2.64. The van der Waals surface area contributed by atoms with E-state index in [2.05, 4.69) is 34.8 Å². The van der Waals surface area contributed by atoms with Crippen LogP contribution in [0.2, 0.25) is 0 Å². The fourth-order valence-corrected chi connectivity index (χ4v) is 6.14. The number of fused-ring (bicyclic) bond motifs is 1. The van der Waals surface area contributed by atoms with Crippen LogP contribution in [0.3, 0.4) is 0 Å². The number of benzene rings is 1. The summed E-state index contributed by atoms with van der Waals surface area (Å²) in [6.45, 7) is 0. The summed E-state index contributed by atoms with van der Waals surface area (Å²) in [5, 5.41) is 4.48. The molecule has 20 heavy (non-hydrogen) atoms. The van der Waals surface area contributed by atoms with Crippen LogP contribution in [0.4, 0.5) is 0 Å². The molecule has 0 saturated heterocycles. The molecule has 4 fully saturated rings. The van der Waals surface area contributed by atoms with E-state index >= 15 is 0 Å². The average molecular weight is 266 g/mol. The summed E-state index contributed by atoms with van der Waals surface area (Å²) in [6, 6.07) is 9.31. The fourth-order valence-electron chi connectivity index (χ4n) is 6.14. The highest BCUT2D eigenvalue weighted by molar-refractivity contribution is 5.82. The molecule has 4 saturated carbocycles. The second kappa shape index (κ2) is 3.87. The normalized spacial score (nSPS) is 44.2. The molecule has 1 aromatic rings. The summed E-state index contributed by atoms with van der Waals surface area (Å²) >= 11 is 0. The van der Waals surface area contributed by atoms with Crippen molar-refractivity contribution in [2.24, 2.45) is 28.3 Å². The minimum absolute atomic E-state index is 0.456. The van der Waals surface area contributed by atoms with Gasteiger partial charge in [0.2, 0.25) is 0 Å². The summed E-state index contributed by atoms with van der Waals surface area (Å²) in [4.78, 5) is 0. The van der Waals surface area contributed by atoms with Crippen LogP contribution in [0.5, 0.6) is 0 Å². The minimum atomic E-state index is 0.456. The molecule has 0 spiro atoms. The van der Waals surface area contributed by atoms with Gasteiger partial charge in [0.1, 0.15) is 0 Å². The molecule has 2 nitrogen and oxygen atoms in total. The predicted octanol–water partition coefficient (Wildman–Crippen LogP) is 3.88. The zero-order chi connectivity index (χ0) is 13.2. The van der Waals surface area contributed by atoms with E-state index in [-0.39, 0.29) is 0 Å². The summed E-state index contributed by atoms with van der Waals surface area (Å²) in [6.07, 6.45) is 10.8. The quantitative estimate of drug-likeness (QED) is 0.819. The molecule has 6 rings (SSSR count). The van der Waals surface area contributed by atoms with Crippen LogP contribution >= 0.6 is 0 Å². The van der Waals surface area contributed by atoms with Gasteiger partial charge in [-0.3, -0.25) is 0 Å². The smallest absolute Gasteiger partial charge is 0.0752 e. The Bertz CT molecular complexity index is 539. The predicted molar refractivity (Wildman–Crippen MR) is 80.5 cm³/mol. The van der Waals surface area contributed by atoms with Crippen molar-refractivity contribution in [2.75, 3.05) is 0 Å². The van der Waals surface area contributed by atoms with Crippen molar-refractivity contribution in [2.45, 2.75) is 44.6 Å². The van der Waals surface area contributed by atoms with Crippen molar-refractivity contribution >= 4 is 6.21 Å². The van der Waals surface area contributed by atoms with Crippen molar-refractivity contribution in [3.8, 4) is 0 Å². The molecular weight excluding hydrogens is 244 g/mol. The first-order valence-electron chi connectivity index (χ1n) is 8.20. The largest absolute Gasteiger partial charge is 0.302 e.